The van der Waals surface area contributed by atoms with Gasteiger partial charge in [0.05, 0.1) is 5.69 Å². The number of rotatable bonds is 6. The summed E-state index contributed by atoms with van der Waals surface area (Å²) >= 11 is 0. The molecule has 1 atom stereocenters. The maximum atomic E-state index is 13.4. The molecule has 1 fully saturated rings. The van der Waals surface area contributed by atoms with Crippen molar-refractivity contribution in [3.8, 4) is 0 Å². The lowest BCUT2D eigenvalue weighted by atomic mass is 9.91. The number of carbonyl (C=O) groups excluding carboxylic acids is 1. The number of nitrogens with zero attached hydrogens (tertiary/aromatic N) is 3. The molecule has 2 aliphatic heterocycles. The number of likely N-dealkylation sites (tertiary alicyclic amines) is 1. The summed E-state index contributed by atoms with van der Waals surface area (Å²) in [5, 5.41) is 31.6. The molecule has 1 aromatic heterocycles. The summed E-state index contributed by atoms with van der Waals surface area (Å²) < 4.78 is 18.7. The van der Waals surface area contributed by atoms with E-state index in [1.165, 1.54) is 12.1 Å². The molecule has 1 unspecified atom stereocenters. The second-order valence-electron chi connectivity index (χ2n) is 9.36. The Morgan fingerprint density at radius 2 is 1.76 bits per heavy atom. The molecular formula is C27H28FN3O7. The Bertz CT molecular complexity index is 1360. The SMILES string of the molecule is CC1(O)c2ccccc2C(=O)N1CCN1CCC(c2noc3cc(F)ccc23)CC1.O=C(O)/C=C/C(=O)O. The lowest BCUT2D eigenvalue weighted by molar-refractivity contribution is -0.134. The van der Waals surface area contributed by atoms with Crippen LogP contribution in [0.3, 0.4) is 0 Å². The lowest BCUT2D eigenvalue weighted by Crippen LogP contribution is -2.46. The number of carbonyl (C=O) groups is 3. The molecule has 0 radical (unpaired) electrons. The van der Waals surface area contributed by atoms with Gasteiger partial charge < -0.3 is 29.6 Å². The molecule has 2 aromatic carbocycles. The summed E-state index contributed by atoms with van der Waals surface area (Å²) in [5.74, 6) is -2.69. The standard InChI is InChI=1S/C23H24FN3O3.C4H4O4/c1-23(29)19-5-3-2-4-17(19)22(28)27(23)13-12-26-10-8-15(9-11-26)21-18-7-6-16(24)14-20(18)30-25-21;5-3(6)1-2-4(7)8/h2-7,14-15,29H,8-13H2,1H3;1-2H,(H,5,6)(H,7,8)/b;2-1+. The van der Waals surface area contributed by atoms with Crippen molar-refractivity contribution in [3.63, 3.8) is 0 Å². The first kappa shape index (κ1) is 27.0. The van der Waals surface area contributed by atoms with E-state index in [1.54, 1.807) is 24.0 Å². The van der Waals surface area contributed by atoms with Crippen LogP contribution in [0.4, 0.5) is 4.39 Å². The number of carboxylic acids is 2. The molecule has 3 heterocycles. The van der Waals surface area contributed by atoms with Gasteiger partial charge in [-0.05, 0) is 51.1 Å². The molecule has 0 aliphatic carbocycles. The van der Waals surface area contributed by atoms with Crippen LogP contribution in [-0.4, -0.2) is 74.3 Å². The van der Waals surface area contributed by atoms with E-state index in [1.807, 2.05) is 18.2 Å². The second-order valence-corrected chi connectivity index (χ2v) is 9.36. The van der Waals surface area contributed by atoms with Crippen LogP contribution in [0.15, 0.2) is 59.1 Å². The first-order valence-corrected chi connectivity index (χ1v) is 12.1. The maximum Gasteiger partial charge on any atom is 0.328 e. The largest absolute Gasteiger partial charge is 0.478 e. The predicted octanol–water partition coefficient (Wildman–Crippen LogP) is 3.18. The Labute approximate surface area is 217 Å². The molecule has 0 bridgehead atoms. The molecule has 5 rings (SSSR count). The average Bonchev–Trinajstić information content (AvgIpc) is 3.38. The highest BCUT2D eigenvalue weighted by Gasteiger charge is 2.44. The number of carboxylic acid groups (broad SMARTS) is 2. The Morgan fingerprint density at radius 3 is 2.39 bits per heavy atom. The molecule has 1 amide bonds. The van der Waals surface area contributed by atoms with Gasteiger partial charge in [0.2, 0.25) is 0 Å². The lowest BCUT2D eigenvalue weighted by Gasteiger charge is -2.35. The summed E-state index contributed by atoms with van der Waals surface area (Å²) in [6.07, 6.45) is 2.96. The van der Waals surface area contributed by atoms with Gasteiger partial charge >= 0.3 is 11.9 Å². The zero-order valence-electron chi connectivity index (χ0n) is 20.7. The van der Waals surface area contributed by atoms with E-state index in [-0.39, 0.29) is 17.6 Å². The van der Waals surface area contributed by atoms with Crippen molar-refractivity contribution in [2.24, 2.45) is 0 Å². The smallest absolute Gasteiger partial charge is 0.328 e. The first-order chi connectivity index (χ1) is 18.1. The minimum Gasteiger partial charge on any atom is -0.478 e. The predicted molar refractivity (Wildman–Crippen MR) is 134 cm³/mol. The van der Waals surface area contributed by atoms with E-state index >= 15 is 0 Å². The number of aromatic nitrogens is 1. The van der Waals surface area contributed by atoms with Crippen molar-refractivity contribution in [2.75, 3.05) is 26.2 Å². The fourth-order valence-corrected chi connectivity index (χ4v) is 4.93. The molecule has 38 heavy (non-hydrogen) atoms. The van der Waals surface area contributed by atoms with Crippen LogP contribution in [0.25, 0.3) is 11.0 Å². The van der Waals surface area contributed by atoms with E-state index < -0.39 is 17.7 Å². The van der Waals surface area contributed by atoms with Crippen molar-refractivity contribution in [1.82, 2.24) is 15.0 Å². The fourth-order valence-electron chi connectivity index (χ4n) is 4.93. The van der Waals surface area contributed by atoms with Crippen LogP contribution >= 0.6 is 0 Å². The van der Waals surface area contributed by atoms with Gasteiger partial charge in [0.15, 0.2) is 11.3 Å². The highest BCUT2D eigenvalue weighted by atomic mass is 19.1. The van der Waals surface area contributed by atoms with Crippen LogP contribution < -0.4 is 0 Å². The van der Waals surface area contributed by atoms with Crippen molar-refractivity contribution < 1.29 is 38.6 Å². The number of aliphatic carboxylic acids is 2. The number of hydrogen-bond donors (Lipinski definition) is 3. The molecule has 0 saturated carbocycles. The molecule has 200 valence electrons. The van der Waals surface area contributed by atoms with E-state index in [4.69, 9.17) is 14.7 Å². The van der Waals surface area contributed by atoms with Crippen molar-refractivity contribution >= 4 is 28.8 Å². The van der Waals surface area contributed by atoms with Gasteiger partial charge in [0.1, 0.15) is 5.82 Å². The molecule has 1 saturated heterocycles. The Morgan fingerprint density at radius 1 is 1.11 bits per heavy atom. The van der Waals surface area contributed by atoms with Crippen molar-refractivity contribution in [3.05, 3.63) is 77.3 Å². The topological polar surface area (TPSA) is 144 Å². The normalized spacial score (nSPS) is 20.0. The molecular weight excluding hydrogens is 497 g/mol. The molecule has 0 spiro atoms. The van der Waals surface area contributed by atoms with Gasteiger partial charge in [-0.3, -0.25) is 4.79 Å². The van der Waals surface area contributed by atoms with Crippen LogP contribution in [0.1, 0.15) is 47.3 Å². The number of halogens is 1. The van der Waals surface area contributed by atoms with Gasteiger partial charge in [-0.25, -0.2) is 14.0 Å². The van der Waals surface area contributed by atoms with E-state index in [0.717, 1.165) is 37.0 Å². The Hall–Kier alpha value is -4.09. The number of fused-ring (bicyclic) bond motifs is 2. The summed E-state index contributed by atoms with van der Waals surface area (Å²) in [5.41, 5.74) is 1.36. The minimum atomic E-state index is -1.28. The molecule has 3 aromatic rings. The summed E-state index contributed by atoms with van der Waals surface area (Å²) in [6.45, 7) is 4.60. The molecule has 3 N–H and O–H groups in total. The Balaban J connectivity index is 0.000000368. The first-order valence-electron chi connectivity index (χ1n) is 12.1. The number of aliphatic hydroxyl groups is 1. The highest BCUT2D eigenvalue weighted by Crippen LogP contribution is 2.37. The highest BCUT2D eigenvalue weighted by molar-refractivity contribution is 5.99. The van der Waals surface area contributed by atoms with E-state index in [9.17, 15) is 23.9 Å². The summed E-state index contributed by atoms with van der Waals surface area (Å²) in [7, 11) is 0. The van der Waals surface area contributed by atoms with Crippen LogP contribution in [0.2, 0.25) is 0 Å². The van der Waals surface area contributed by atoms with Crippen LogP contribution in [0, 0.1) is 5.82 Å². The zero-order chi connectivity index (χ0) is 27.4. The zero-order valence-corrected chi connectivity index (χ0v) is 20.7. The fraction of sp³-hybridized carbons (Fsp3) is 0.333. The van der Waals surface area contributed by atoms with Crippen molar-refractivity contribution in [2.45, 2.75) is 31.4 Å². The number of benzene rings is 2. The van der Waals surface area contributed by atoms with E-state index in [2.05, 4.69) is 10.1 Å². The third-order valence-corrected chi connectivity index (χ3v) is 6.88. The number of piperidine rings is 1. The third-order valence-electron chi connectivity index (χ3n) is 6.88. The van der Waals surface area contributed by atoms with Crippen molar-refractivity contribution in [1.29, 1.82) is 0 Å². The molecule has 10 nitrogen and oxygen atoms in total. The van der Waals surface area contributed by atoms with Crippen LogP contribution in [-0.2, 0) is 15.3 Å². The van der Waals surface area contributed by atoms with Gasteiger partial charge in [0, 0.05) is 53.7 Å². The second kappa shape index (κ2) is 11.1. The minimum absolute atomic E-state index is 0.119. The number of hydrogen-bond acceptors (Lipinski definition) is 7. The van der Waals surface area contributed by atoms with Crippen LogP contribution in [0.5, 0.6) is 0 Å². The van der Waals surface area contributed by atoms with Gasteiger partial charge in [0.25, 0.3) is 5.91 Å². The van der Waals surface area contributed by atoms with Gasteiger partial charge in [-0.2, -0.15) is 0 Å². The third kappa shape index (κ3) is 5.74. The Kier molecular flexibility index (Phi) is 7.88. The van der Waals surface area contributed by atoms with Gasteiger partial charge in [-0.15, -0.1) is 0 Å². The number of amides is 1. The van der Waals surface area contributed by atoms with E-state index in [0.29, 0.717) is 42.0 Å². The summed E-state index contributed by atoms with van der Waals surface area (Å²) in [6, 6.07) is 11.8. The average molecular weight is 526 g/mol. The quantitative estimate of drug-likeness (QED) is 0.413. The summed E-state index contributed by atoms with van der Waals surface area (Å²) in [4.78, 5) is 35.7. The monoisotopic (exact) mass is 525 g/mol. The maximum absolute atomic E-state index is 13.4. The molecule has 11 heteroatoms. The molecule has 2 aliphatic rings. The van der Waals surface area contributed by atoms with Gasteiger partial charge in [-0.1, -0.05) is 23.4 Å².